The number of carbonyl (C=O) groups excluding carboxylic acids is 2. The molecule has 0 N–H and O–H groups in total. The highest BCUT2D eigenvalue weighted by atomic mass is 16.2. The topological polar surface area (TPSA) is 43.9 Å². The Morgan fingerprint density at radius 3 is 1.93 bits per heavy atom. The zero-order valence-corrected chi connectivity index (χ0v) is 16.2. The minimum absolute atomic E-state index is 0.137. The Morgan fingerprint density at radius 1 is 0.778 bits per heavy atom. The van der Waals surface area contributed by atoms with Crippen LogP contribution in [-0.2, 0) is 9.59 Å². The summed E-state index contributed by atoms with van der Waals surface area (Å²) in [6.07, 6.45) is 6.24. The molecule has 27 heavy (non-hydrogen) atoms. The molecule has 0 saturated carbocycles. The molecule has 1 unspecified atom stereocenters. The van der Waals surface area contributed by atoms with Crippen molar-refractivity contribution in [1.82, 2.24) is 14.7 Å². The zero-order valence-electron chi connectivity index (χ0n) is 16.2. The van der Waals surface area contributed by atoms with Crippen molar-refractivity contribution in [2.24, 2.45) is 5.92 Å². The van der Waals surface area contributed by atoms with Gasteiger partial charge >= 0.3 is 0 Å². The van der Waals surface area contributed by atoms with Crippen molar-refractivity contribution in [3.63, 3.8) is 0 Å². The van der Waals surface area contributed by atoms with E-state index in [4.69, 9.17) is 0 Å². The van der Waals surface area contributed by atoms with Crippen LogP contribution in [0.25, 0.3) is 0 Å². The zero-order chi connectivity index (χ0) is 18.6. The van der Waals surface area contributed by atoms with Crippen molar-refractivity contribution in [3.05, 3.63) is 35.9 Å². The summed E-state index contributed by atoms with van der Waals surface area (Å²) in [6, 6.07) is 9.97. The summed E-state index contributed by atoms with van der Waals surface area (Å²) in [5.74, 6) is 0.718. The average Bonchev–Trinajstić information content (AvgIpc) is 3.43. The quantitative estimate of drug-likeness (QED) is 0.820. The van der Waals surface area contributed by atoms with E-state index >= 15 is 0 Å². The number of hydrogen-bond acceptors (Lipinski definition) is 3. The maximum atomic E-state index is 13.3. The lowest BCUT2D eigenvalue weighted by molar-refractivity contribution is -0.139. The highest BCUT2D eigenvalue weighted by Gasteiger charge is 2.37. The fourth-order valence-electron chi connectivity index (χ4n) is 4.86. The van der Waals surface area contributed by atoms with Gasteiger partial charge in [0.05, 0.1) is 0 Å². The van der Waals surface area contributed by atoms with E-state index in [1.54, 1.807) is 0 Å². The predicted molar refractivity (Wildman–Crippen MR) is 105 cm³/mol. The minimum Gasteiger partial charge on any atom is -0.342 e. The standard InChI is InChI=1S/C22H31N3O2/c26-21(24-12-4-5-13-24)19-10-16-23(17-11-19)20(18-8-2-1-3-9-18)22(27)25-14-6-7-15-25/h1-3,8-9,19-20H,4-7,10-17H2. The summed E-state index contributed by atoms with van der Waals surface area (Å²) in [5.41, 5.74) is 1.08. The van der Waals surface area contributed by atoms with E-state index in [1.807, 2.05) is 28.0 Å². The number of nitrogens with zero attached hydrogens (tertiary/aromatic N) is 3. The molecule has 1 atom stereocenters. The van der Waals surface area contributed by atoms with Gasteiger partial charge in [-0.05, 0) is 57.2 Å². The van der Waals surface area contributed by atoms with E-state index < -0.39 is 0 Å². The molecule has 1 aromatic carbocycles. The molecule has 5 heteroatoms. The average molecular weight is 370 g/mol. The SMILES string of the molecule is O=C(C1CCN(C(C(=O)N2CCCC2)c2ccccc2)CC1)N1CCCC1. The first-order valence-electron chi connectivity index (χ1n) is 10.6. The van der Waals surface area contributed by atoms with Gasteiger partial charge < -0.3 is 9.80 Å². The van der Waals surface area contributed by atoms with E-state index in [0.717, 1.165) is 83.4 Å². The maximum Gasteiger partial charge on any atom is 0.244 e. The number of rotatable bonds is 4. The van der Waals surface area contributed by atoms with Crippen LogP contribution in [0.4, 0.5) is 0 Å². The van der Waals surface area contributed by atoms with Gasteiger partial charge in [-0.3, -0.25) is 14.5 Å². The molecule has 3 aliphatic heterocycles. The summed E-state index contributed by atoms with van der Waals surface area (Å²) in [7, 11) is 0. The van der Waals surface area contributed by atoms with Crippen molar-refractivity contribution in [2.75, 3.05) is 39.3 Å². The first-order chi connectivity index (χ1) is 13.2. The molecule has 4 rings (SSSR count). The lowest BCUT2D eigenvalue weighted by atomic mass is 9.92. The van der Waals surface area contributed by atoms with Crippen LogP contribution in [0.3, 0.4) is 0 Å². The van der Waals surface area contributed by atoms with Gasteiger partial charge in [-0.15, -0.1) is 0 Å². The van der Waals surface area contributed by atoms with E-state index in [9.17, 15) is 9.59 Å². The van der Waals surface area contributed by atoms with Crippen molar-refractivity contribution < 1.29 is 9.59 Å². The van der Waals surface area contributed by atoms with Crippen LogP contribution < -0.4 is 0 Å². The number of piperidine rings is 1. The summed E-state index contributed by atoms with van der Waals surface area (Å²) in [4.78, 5) is 32.4. The number of amides is 2. The van der Waals surface area contributed by atoms with Gasteiger partial charge in [0.2, 0.25) is 11.8 Å². The molecule has 0 aromatic heterocycles. The first-order valence-corrected chi connectivity index (χ1v) is 10.6. The highest BCUT2D eigenvalue weighted by molar-refractivity contribution is 5.84. The van der Waals surface area contributed by atoms with Crippen LogP contribution in [-0.4, -0.2) is 65.8 Å². The van der Waals surface area contributed by atoms with Crippen LogP contribution in [0, 0.1) is 5.92 Å². The summed E-state index contributed by atoms with van der Waals surface area (Å²) in [6.45, 7) is 5.27. The molecule has 3 fully saturated rings. The van der Waals surface area contributed by atoms with E-state index in [0.29, 0.717) is 5.91 Å². The van der Waals surface area contributed by atoms with Gasteiger partial charge in [-0.1, -0.05) is 30.3 Å². The van der Waals surface area contributed by atoms with E-state index in [2.05, 4.69) is 17.0 Å². The fourth-order valence-corrected chi connectivity index (χ4v) is 4.86. The fraction of sp³-hybridized carbons (Fsp3) is 0.636. The van der Waals surface area contributed by atoms with Crippen molar-refractivity contribution >= 4 is 11.8 Å². The molecule has 5 nitrogen and oxygen atoms in total. The highest BCUT2D eigenvalue weighted by Crippen LogP contribution is 2.31. The molecule has 3 heterocycles. The Labute approximate surface area is 162 Å². The van der Waals surface area contributed by atoms with Gasteiger partial charge in [-0.2, -0.15) is 0 Å². The summed E-state index contributed by atoms with van der Waals surface area (Å²) >= 11 is 0. The van der Waals surface area contributed by atoms with Crippen molar-refractivity contribution in [3.8, 4) is 0 Å². The Balaban J connectivity index is 1.45. The molecule has 1 aromatic rings. The molecule has 0 bridgehead atoms. The lowest BCUT2D eigenvalue weighted by Crippen LogP contribution is -2.47. The largest absolute Gasteiger partial charge is 0.342 e. The van der Waals surface area contributed by atoms with E-state index in [1.165, 1.54) is 0 Å². The van der Waals surface area contributed by atoms with Crippen molar-refractivity contribution in [2.45, 2.75) is 44.6 Å². The molecule has 0 spiro atoms. The van der Waals surface area contributed by atoms with E-state index in [-0.39, 0.29) is 17.9 Å². The Hall–Kier alpha value is -1.88. The van der Waals surface area contributed by atoms with Gasteiger partial charge in [0, 0.05) is 32.1 Å². The predicted octanol–water partition coefficient (Wildman–Crippen LogP) is 2.68. The minimum atomic E-state index is -0.202. The molecule has 3 aliphatic rings. The summed E-state index contributed by atoms with van der Waals surface area (Å²) in [5, 5.41) is 0. The molecule has 3 saturated heterocycles. The molecular weight excluding hydrogens is 338 g/mol. The van der Waals surface area contributed by atoms with Crippen molar-refractivity contribution in [1.29, 1.82) is 0 Å². The number of carbonyl (C=O) groups is 2. The second-order valence-corrected chi connectivity index (χ2v) is 8.19. The monoisotopic (exact) mass is 369 g/mol. The van der Waals surface area contributed by atoms with Crippen LogP contribution in [0.2, 0.25) is 0 Å². The Morgan fingerprint density at radius 2 is 1.33 bits per heavy atom. The summed E-state index contributed by atoms with van der Waals surface area (Å²) < 4.78 is 0. The van der Waals surface area contributed by atoms with Gasteiger partial charge in [-0.25, -0.2) is 0 Å². The van der Waals surface area contributed by atoms with Gasteiger partial charge in [0.25, 0.3) is 0 Å². The number of hydrogen-bond donors (Lipinski definition) is 0. The first kappa shape index (κ1) is 18.5. The van der Waals surface area contributed by atoms with Crippen LogP contribution in [0.1, 0.15) is 50.1 Å². The third-order valence-corrected chi connectivity index (χ3v) is 6.43. The molecule has 146 valence electrons. The molecule has 0 radical (unpaired) electrons. The second-order valence-electron chi connectivity index (χ2n) is 8.19. The van der Waals surface area contributed by atoms with Gasteiger partial charge in [0.1, 0.15) is 6.04 Å². The van der Waals surface area contributed by atoms with Crippen LogP contribution >= 0.6 is 0 Å². The molecular formula is C22H31N3O2. The Kier molecular flexibility index (Phi) is 5.77. The third-order valence-electron chi connectivity index (χ3n) is 6.43. The van der Waals surface area contributed by atoms with Crippen LogP contribution in [0.5, 0.6) is 0 Å². The second kappa shape index (κ2) is 8.42. The Bertz CT molecular complexity index is 643. The molecule has 2 amide bonds. The van der Waals surface area contributed by atoms with Gasteiger partial charge in [0.15, 0.2) is 0 Å². The molecule has 0 aliphatic carbocycles. The smallest absolute Gasteiger partial charge is 0.244 e. The number of benzene rings is 1. The third kappa shape index (κ3) is 4.03. The lowest BCUT2D eigenvalue weighted by Gasteiger charge is -2.38. The maximum absolute atomic E-state index is 13.3. The normalized spacial score (nSPS) is 23.0. The number of likely N-dealkylation sites (tertiary alicyclic amines) is 3. The van der Waals surface area contributed by atoms with Crippen LogP contribution in [0.15, 0.2) is 30.3 Å².